The van der Waals surface area contributed by atoms with E-state index in [4.69, 9.17) is 4.74 Å². The number of aryl methyl sites for hydroxylation is 2. The average Bonchev–Trinajstić information content (AvgIpc) is 2.68. The fraction of sp³-hybridized carbons (Fsp3) is 0.538. The summed E-state index contributed by atoms with van der Waals surface area (Å²) in [6.45, 7) is 6.32. The van der Waals surface area contributed by atoms with Crippen molar-refractivity contribution in [3.8, 4) is 0 Å². The zero-order valence-electron chi connectivity index (χ0n) is 11.8. The molecular weight excluding hydrogens is 273 g/mol. The molecule has 1 heterocycles. The number of ether oxygens (including phenoxy) is 1. The molecule has 1 rings (SSSR count). The zero-order valence-corrected chi connectivity index (χ0v) is 11.8. The van der Waals surface area contributed by atoms with Crippen LogP contribution in [0.3, 0.4) is 0 Å². The van der Waals surface area contributed by atoms with Gasteiger partial charge in [0.25, 0.3) is 0 Å². The van der Waals surface area contributed by atoms with Crippen molar-refractivity contribution in [2.75, 3.05) is 6.61 Å². The first-order chi connectivity index (χ1) is 9.16. The molecule has 0 radical (unpaired) electrons. The van der Waals surface area contributed by atoms with Crippen LogP contribution >= 0.6 is 0 Å². The Kier molecular flexibility index (Phi) is 4.97. The summed E-state index contributed by atoms with van der Waals surface area (Å²) in [5, 5.41) is 4.19. The third kappa shape index (κ3) is 3.61. The van der Waals surface area contributed by atoms with E-state index < -0.39 is 36.4 Å². The summed E-state index contributed by atoms with van der Waals surface area (Å²) in [5.41, 5.74) is 0.425. The van der Waals surface area contributed by atoms with Crippen molar-refractivity contribution in [3.63, 3.8) is 0 Å². The number of carbonyl (C=O) groups excluding carboxylic acids is 1. The van der Waals surface area contributed by atoms with E-state index in [9.17, 15) is 18.0 Å². The predicted octanol–water partition coefficient (Wildman–Crippen LogP) is 3.25. The minimum Gasteiger partial charge on any atom is -0.463 e. The Labute approximate surface area is 115 Å². The van der Waals surface area contributed by atoms with Crippen molar-refractivity contribution in [1.82, 2.24) is 9.78 Å². The molecular formula is C13H17F3N2O2. The smallest absolute Gasteiger partial charge is 0.333 e. The van der Waals surface area contributed by atoms with Crippen LogP contribution < -0.4 is 0 Å². The van der Waals surface area contributed by atoms with Gasteiger partial charge in [-0.1, -0.05) is 0 Å². The highest BCUT2D eigenvalue weighted by Crippen LogP contribution is 2.20. The maximum atomic E-state index is 12.6. The van der Waals surface area contributed by atoms with Crippen molar-refractivity contribution in [3.05, 3.63) is 29.4 Å². The second-order valence-corrected chi connectivity index (χ2v) is 4.95. The van der Waals surface area contributed by atoms with E-state index in [-0.39, 0.29) is 0 Å². The molecule has 0 atom stereocenters. The molecule has 0 bridgehead atoms. The Balaban J connectivity index is 2.71. The Morgan fingerprint density at radius 2 is 1.95 bits per heavy atom. The van der Waals surface area contributed by atoms with Gasteiger partial charge in [0.1, 0.15) is 0 Å². The highest BCUT2D eigenvalue weighted by Gasteiger charge is 2.33. The van der Waals surface area contributed by atoms with Crippen molar-refractivity contribution >= 4 is 5.97 Å². The van der Waals surface area contributed by atoms with E-state index in [1.165, 1.54) is 4.68 Å². The van der Waals surface area contributed by atoms with Crippen LogP contribution in [0.1, 0.15) is 31.7 Å². The van der Waals surface area contributed by atoms with Crippen LogP contribution in [0.2, 0.25) is 0 Å². The topological polar surface area (TPSA) is 44.1 Å². The number of carbonyl (C=O) groups is 1. The van der Waals surface area contributed by atoms with Gasteiger partial charge in [-0.05, 0) is 33.8 Å². The van der Waals surface area contributed by atoms with E-state index >= 15 is 0 Å². The minimum atomic E-state index is -2.39. The minimum absolute atomic E-state index is 0.440. The normalized spacial score (nSPS) is 11.3. The molecule has 1 aromatic rings. The molecule has 0 saturated carbocycles. The van der Waals surface area contributed by atoms with Crippen molar-refractivity contribution in [2.45, 2.75) is 39.7 Å². The summed E-state index contributed by atoms with van der Waals surface area (Å²) in [6, 6.07) is 1.80. The standard InChI is InChI=1S/C13H17F3N2O2/c1-8-7-9(2)18(17-8)13(3,4)12(19)20-6-5-10(14)11(15)16/h7H,5-6H2,1-4H3. The molecule has 0 saturated heterocycles. The average molecular weight is 290 g/mol. The van der Waals surface area contributed by atoms with Crippen LogP contribution in [-0.4, -0.2) is 22.4 Å². The van der Waals surface area contributed by atoms with Gasteiger partial charge in [0.15, 0.2) is 11.4 Å². The molecule has 112 valence electrons. The number of hydrogen-bond donors (Lipinski definition) is 0. The molecule has 20 heavy (non-hydrogen) atoms. The summed E-state index contributed by atoms with van der Waals surface area (Å²) >= 11 is 0. The summed E-state index contributed by atoms with van der Waals surface area (Å²) in [5.74, 6) is -2.22. The number of aromatic nitrogens is 2. The van der Waals surface area contributed by atoms with E-state index in [0.717, 1.165) is 11.4 Å². The molecule has 0 aliphatic carbocycles. The van der Waals surface area contributed by atoms with Crippen molar-refractivity contribution in [1.29, 1.82) is 0 Å². The molecule has 0 amide bonds. The van der Waals surface area contributed by atoms with Crippen LogP contribution in [0, 0.1) is 13.8 Å². The van der Waals surface area contributed by atoms with Gasteiger partial charge in [0.05, 0.1) is 12.3 Å². The molecule has 0 N–H and O–H groups in total. The zero-order chi connectivity index (χ0) is 15.5. The Hall–Kier alpha value is -1.79. The summed E-state index contributed by atoms with van der Waals surface area (Å²) in [7, 11) is 0. The number of esters is 1. The van der Waals surface area contributed by atoms with E-state index in [2.05, 4.69) is 5.10 Å². The summed E-state index contributed by atoms with van der Waals surface area (Å²) in [6.07, 6.45) is -3.03. The lowest BCUT2D eigenvalue weighted by atomic mass is 10.1. The van der Waals surface area contributed by atoms with Crippen LogP contribution in [0.15, 0.2) is 18.0 Å². The van der Waals surface area contributed by atoms with Gasteiger partial charge < -0.3 is 4.74 Å². The second-order valence-electron chi connectivity index (χ2n) is 4.95. The number of rotatable bonds is 5. The largest absolute Gasteiger partial charge is 0.463 e. The molecule has 0 aliphatic rings. The highest BCUT2D eigenvalue weighted by molar-refractivity contribution is 5.77. The van der Waals surface area contributed by atoms with E-state index in [1.807, 2.05) is 0 Å². The van der Waals surface area contributed by atoms with Gasteiger partial charge in [0.2, 0.25) is 0 Å². The van der Waals surface area contributed by atoms with Gasteiger partial charge in [-0.15, -0.1) is 0 Å². The first kappa shape index (κ1) is 16.3. The lowest BCUT2D eigenvalue weighted by Gasteiger charge is -2.24. The van der Waals surface area contributed by atoms with Gasteiger partial charge in [-0.2, -0.15) is 13.9 Å². The van der Waals surface area contributed by atoms with Gasteiger partial charge in [-0.25, -0.2) is 9.18 Å². The van der Waals surface area contributed by atoms with Gasteiger partial charge in [-0.3, -0.25) is 4.68 Å². The fourth-order valence-electron chi connectivity index (χ4n) is 1.79. The molecule has 7 heteroatoms. The molecule has 0 fully saturated rings. The van der Waals surface area contributed by atoms with E-state index in [1.54, 1.807) is 33.8 Å². The monoisotopic (exact) mass is 290 g/mol. The fourth-order valence-corrected chi connectivity index (χ4v) is 1.79. The third-order valence-electron chi connectivity index (χ3n) is 2.80. The van der Waals surface area contributed by atoms with Crippen molar-refractivity contribution in [2.24, 2.45) is 0 Å². The maximum absolute atomic E-state index is 12.6. The van der Waals surface area contributed by atoms with Gasteiger partial charge >= 0.3 is 12.0 Å². The quantitative estimate of drug-likeness (QED) is 0.782. The molecule has 4 nitrogen and oxygen atoms in total. The third-order valence-corrected chi connectivity index (χ3v) is 2.80. The van der Waals surface area contributed by atoms with Crippen molar-refractivity contribution < 1.29 is 22.7 Å². The summed E-state index contributed by atoms with van der Waals surface area (Å²) in [4.78, 5) is 12.0. The van der Waals surface area contributed by atoms with Crippen LogP contribution in [0.4, 0.5) is 13.2 Å². The molecule has 1 aromatic heterocycles. The van der Waals surface area contributed by atoms with Crippen LogP contribution in [0.5, 0.6) is 0 Å². The molecule has 0 unspecified atom stereocenters. The lowest BCUT2D eigenvalue weighted by molar-refractivity contribution is -0.153. The highest BCUT2D eigenvalue weighted by atomic mass is 19.3. The summed E-state index contributed by atoms with van der Waals surface area (Å²) < 4.78 is 42.6. The number of nitrogens with zero attached hydrogens (tertiary/aromatic N) is 2. The Morgan fingerprint density at radius 1 is 1.35 bits per heavy atom. The second kappa shape index (κ2) is 6.11. The first-order valence-corrected chi connectivity index (χ1v) is 6.07. The number of hydrogen-bond acceptors (Lipinski definition) is 3. The number of halogens is 3. The predicted molar refractivity (Wildman–Crippen MR) is 66.9 cm³/mol. The first-order valence-electron chi connectivity index (χ1n) is 6.07. The Bertz CT molecular complexity index is 532. The molecule has 0 spiro atoms. The van der Waals surface area contributed by atoms with Crippen LogP contribution in [0.25, 0.3) is 0 Å². The van der Waals surface area contributed by atoms with Gasteiger partial charge in [0, 0.05) is 12.1 Å². The SMILES string of the molecule is Cc1cc(C)n(C(C)(C)C(=O)OCCC(F)=C(F)F)n1. The maximum Gasteiger partial charge on any atom is 0.333 e. The Morgan fingerprint density at radius 3 is 2.40 bits per heavy atom. The molecule has 0 aromatic carbocycles. The van der Waals surface area contributed by atoms with Crippen LogP contribution in [-0.2, 0) is 15.1 Å². The molecule has 0 aliphatic heterocycles. The van der Waals surface area contributed by atoms with E-state index in [0.29, 0.717) is 0 Å². The lowest BCUT2D eigenvalue weighted by Crippen LogP contribution is -2.39.